The molecule has 0 rings (SSSR count). The summed E-state index contributed by atoms with van der Waals surface area (Å²) >= 11 is 0. The van der Waals surface area contributed by atoms with E-state index in [4.69, 9.17) is 5.11 Å². The van der Waals surface area contributed by atoms with Crippen LogP contribution in [0.3, 0.4) is 0 Å². The van der Waals surface area contributed by atoms with E-state index in [0.29, 0.717) is 0 Å². The highest BCUT2D eigenvalue weighted by Crippen LogP contribution is 2.63. The lowest BCUT2D eigenvalue weighted by Crippen LogP contribution is -2.74. The van der Waals surface area contributed by atoms with Gasteiger partial charge in [0.1, 0.15) is 6.61 Å². The van der Waals surface area contributed by atoms with Crippen LogP contribution in [-0.4, -0.2) is 99.0 Å². The normalized spacial score (nSPS) is 15.5. The zero-order chi connectivity index (χ0) is 29.1. The fourth-order valence-corrected chi connectivity index (χ4v) is 1.99. The average Bonchev–Trinajstić information content (AvgIpc) is 2.70. The molecule has 21 heteroatoms. The van der Waals surface area contributed by atoms with Crippen LogP contribution in [0.5, 0.6) is 0 Å². The Bertz CT molecular complexity index is 692. The third-order valence-electron chi connectivity index (χ3n) is 4.05. The smallest absolute Gasteiger partial charge is 0.394 e. The van der Waals surface area contributed by atoms with Crippen LogP contribution in [0.25, 0.3) is 0 Å². The monoisotopic (exact) mass is 582 g/mol. The predicted molar refractivity (Wildman–Crippen MR) is 80.2 cm³/mol. The maximum Gasteiger partial charge on any atom is 0.460 e. The van der Waals surface area contributed by atoms with Gasteiger partial charge in [0.15, 0.2) is 0 Å². The van der Waals surface area contributed by atoms with Crippen molar-refractivity contribution in [3.63, 3.8) is 0 Å². The highest BCUT2D eigenvalue weighted by molar-refractivity contribution is 5.15. The standard InChI is InChI=1S/C15H15F17O4/c16-8(17,7-36-6-5-35-4-3-34-2-1-33)9(18,19)10(20,21)11(22,23)12(24,25)13(26,27)14(28,29)15(30,31)32/h33H,1-7H2. The van der Waals surface area contributed by atoms with Gasteiger partial charge in [-0.2, -0.15) is 74.6 Å². The Kier molecular flexibility index (Phi) is 10.8. The summed E-state index contributed by atoms with van der Waals surface area (Å²) in [6, 6.07) is 0. The number of rotatable bonds is 16. The SMILES string of the molecule is OCCOCCOCCOCC(F)(F)C(F)(F)C(F)(F)C(F)(F)C(F)(F)C(F)(F)C(F)(F)C(F)(F)F. The zero-order valence-corrected chi connectivity index (χ0v) is 17.0. The summed E-state index contributed by atoms with van der Waals surface area (Å²) in [5, 5.41) is 8.36. The second-order valence-corrected chi connectivity index (χ2v) is 6.65. The van der Waals surface area contributed by atoms with Crippen LogP contribution in [0.2, 0.25) is 0 Å². The number of hydrogen-bond acceptors (Lipinski definition) is 4. The largest absolute Gasteiger partial charge is 0.460 e. The van der Waals surface area contributed by atoms with Crippen LogP contribution in [0.1, 0.15) is 0 Å². The Morgan fingerprint density at radius 2 is 0.694 bits per heavy atom. The molecule has 0 aromatic heterocycles. The Hall–Kier alpha value is -1.35. The Labute approximate surface area is 189 Å². The van der Waals surface area contributed by atoms with Crippen LogP contribution >= 0.6 is 0 Å². The topological polar surface area (TPSA) is 47.9 Å². The molecule has 36 heavy (non-hydrogen) atoms. The van der Waals surface area contributed by atoms with Gasteiger partial charge in [0.25, 0.3) is 0 Å². The first-order valence-corrected chi connectivity index (χ1v) is 8.86. The van der Waals surface area contributed by atoms with E-state index in [1.54, 1.807) is 0 Å². The van der Waals surface area contributed by atoms with Gasteiger partial charge in [0.05, 0.1) is 39.6 Å². The number of alkyl halides is 17. The van der Waals surface area contributed by atoms with Gasteiger partial charge in [-0.15, -0.1) is 0 Å². The summed E-state index contributed by atoms with van der Waals surface area (Å²) in [4.78, 5) is 0. The van der Waals surface area contributed by atoms with Crippen molar-refractivity contribution in [2.75, 3.05) is 46.2 Å². The third-order valence-corrected chi connectivity index (χ3v) is 4.05. The number of hydrogen-bond donors (Lipinski definition) is 1. The molecule has 4 nitrogen and oxygen atoms in total. The maximum atomic E-state index is 13.6. The molecule has 0 radical (unpaired) electrons. The lowest BCUT2D eigenvalue weighted by atomic mass is 9.89. The first kappa shape index (κ1) is 34.6. The molecule has 0 atom stereocenters. The summed E-state index contributed by atoms with van der Waals surface area (Å²) in [6.07, 6.45) is -7.79. The molecule has 218 valence electrons. The first-order chi connectivity index (χ1) is 15.8. The minimum atomic E-state index is -8.66. The van der Waals surface area contributed by atoms with E-state index < -0.39 is 74.1 Å². The summed E-state index contributed by atoms with van der Waals surface area (Å²) in [6.45, 7) is -6.00. The molecule has 0 heterocycles. The van der Waals surface area contributed by atoms with Crippen molar-refractivity contribution in [3.05, 3.63) is 0 Å². The molecular weight excluding hydrogens is 567 g/mol. The van der Waals surface area contributed by atoms with Crippen LogP contribution < -0.4 is 0 Å². The van der Waals surface area contributed by atoms with E-state index in [2.05, 4.69) is 14.2 Å². The van der Waals surface area contributed by atoms with Crippen LogP contribution in [0.15, 0.2) is 0 Å². The van der Waals surface area contributed by atoms with Crippen molar-refractivity contribution in [2.24, 2.45) is 0 Å². The highest BCUT2D eigenvalue weighted by atomic mass is 19.4. The van der Waals surface area contributed by atoms with Gasteiger partial charge < -0.3 is 19.3 Å². The first-order valence-electron chi connectivity index (χ1n) is 8.86. The van der Waals surface area contributed by atoms with Gasteiger partial charge >= 0.3 is 47.6 Å². The Balaban J connectivity index is 5.71. The molecule has 0 aromatic rings. The lowest BCUT2D eigenvalue weighted by molar-refractivity contribution is -0.462. The minimum absolute atomic E-state index is 0.154. The van der Waals surface area contributed by atoms with E-state index >= 15 is 0 Å². The zero-order valence-electron chi connectivity index (χ0n) is 17.0. The highest BCUT2D eigenvalue weighted by Gasteiger charge is 2.95. The van der Waals surface area contributed by atoms with Crippen LogP contribution in [0, 0.1) is 0 Å². The van der Waals surface area contributed by atoms with Gasteiger partial charge in [0.2, 0.25) is 0 Å². The summed E-state index contributed by atoms with van der Waals surface area (Å²) in [7, 11) is 0. The molecule has 0 spiro atoms. The second-order valence-electron chi connectivity index (χ2n) is 6.65. The molecular formula is C15H15F17O4. The molecule has 0 saturated heterocycles. The van der Waals surface area contributed by atoms with Gasteiger partial charge in [-0.1, -0.05) is 0 Å². The number of ether oxygens (including phenoxy) is 3. The summed E-state index contributed by atoms with van der Waals surface area (Å²) in [5.74, 6) is -56.7. The van der Waals surface area contributed by atoms with Crippen molar-refractivity contribution in [1.82, 2.24) is 0 Å². The van der Waals surface area contributed by atoms with Crippen molar-refractivity contribution < 1.29 is 94.0 Å². The van der Waals surface area contributed by atoms with Crippen molar-refractivity contribution >= 4 is 0 Å². The van der Waals surface area contributed by atoms with Gasteiger partial charge in [-0.25, -0.2) is 0 Å². The Morgan fingerprint density at radius 3 is 1.06 bits per heavy atom. The third kappa shape index (κ3) is 6.03. The van der Waals surface area contributed by atoms with Gasteiger partial charge in [0, 0.05) is 0 Å². The fraction of sp³-hybridized carbons (Fsp3) is 1.00. The molecule has 0 saturated carbocycles. The molecule has 1 N–H and O–H groups in total. The van der Waals surface area contributed by atoms with Crippen molar-refractivity contribution in [1.29, 1.82) is 0 Å². The fourth-order valence-electron chi connectivity index (χ4n) is 1.99. The molecule has 0 aromatic carbocycles. The predicted octanol–water partition coefficient (Wildman–Crippen LogP) is 5.04. The number of aliphatic hydroxyl groups is 1. The maximum absolute atomic E-state index is 13.6. The molecule has 0 aliphatic carbocycles. The average molecular weight is 582 g/mol. The number of halogens is 17. The minimum Gasteiger partial charge on any atom is -0.394 e. The van der Waals surface area contributed by atoms with Crippen molar-refractivity contribution in [2.45, 2.75) is 47.6 Å². The van der Waals surface area contributed by atoms with E-state index in [1.165, 1.54) is 0 Å². The van der Waals surface area contributed by atoms with E-state index in [9.17, 15) is 74.6 Å². The molecule has 0 unspecified atom stereocenters. The molecule has 0 amide bonds. The quantitative estimate of drug-likeness (QED) is 0.205. The molecule has 0 aliphatic heterocycles. The van der Waals surface area contributed by atoms with Crippen LogP contribution in [0.4, 0.5) is 74.6 Å². The van der Waals surface area contributed by atoms with E-state index in [0.717, 1.165) is 0 Å². The summed E-state index contributed by atoms with van der Waals surface area (Å²) in [5.41, 5.74) is 0. The van der Waals surface area contributed by atoms with Crippen LogP contribution in [-0.2, 0) is 14.2 Å². The number of aliphatic hydroxyl groups excluding tert-OH is 1. The van der Waals surface area contributed by atoms with Crippen molar-refractivity contribution in [3.8, 4) is 0 Å². The second kappa shape index (κ2) is 11.2. The van der Waals surface area contributed by atoms with E-state index in [-0.39, 0.29) is 19.8 Å². The molecule has 0 aliphatic rings. The van der Waals surface area contributed by atoms with E-state index in [1.807, 2.05) is 0 Å². The summed E-state index contributed by atoms with van der Waals surface area (Å²) < 4.78 is 235. The van der Waals surface area contributed by atoms with Gasteiger partial charge in [-0.05, 0) is 0 Å². The Morgan fingerprint density at radius 1 is 0.389 bits per heavy atom. The molecule has 0 bridgehead atoms. The lowest BCUT2D eigenvalue weighted by Gasteiger charge is -2.42. The van der Waals surface area contributed by atoms with Gasteiger partial charge in [-0.3, -0.25) is 0 Å². The molecule has 0 fully saturated rings.